The smallest absolute Gasteiger partial charge is 0.120 e. The van der Waals surface area contributed by atoms with Crippen LogP contribution in [0.25, 0.3) is 0 Å². The molecule has 0 amide bonds. The second-order valence-corrected chi connectivity index (χ2v) is 4.31. The van der Waals surface area contributed by atoms with Gasteiger partial charge >= 0.3 is 0 Å². The summed E-state index contributed by atoms with van der Waals surface area (Å²) in [5, 5.41) is 19.6. The Morgan fingerprint density at radius 3 is 2.50 bits per heavy atom. The fraction of sp³-hybridized carbons (Fsp3) is 0.143. The van der Waals surface area contributed by atoms with Crippen molar-refractivity contribution in [2.45, 2.75) is 6.10 Å². The lowest BCUT2D eigenvalue weighted by Gasteiger charge is -2.12. The molecule has 0 bridgehead atoms. The van der Waals surface area contributed by atoms with Crippen LogP contribution in [-0.2, 0) is 0 Å². The molecule has 3 nitrogen and oxygen atoms in total. The second kappa shape index (κ2) is 5.76. The zero-order chi connectivity index (χ0) is 13.0. The molecule has 1 atom stereocenters. The largest absolute Gasteiger partial charge is 0.508 e. The summed E-state index contributed by atoms with van der Waals surface area (Å²) in [5.41, 5.74) is 0.690. The van der Waals surface area contributed by atoms with Crippen molar-refractivity contribution in [2.75, 3.05) is 6.61 Å². The minimum absolute atomic E-state index is 0.130. The minimum atomic E-state index is -0.746. The van der Waals surface area contributed by atoms with Gasteiger partial charge in [-0.15, -0.1) is 0 Å². The average molecular weight is 265 g/mol. The van der Waals surface area contributed by atoms with Gasteiger partial charge in [0.15, 0.2) is 0 Å². The number of halogens is 1. The number of aromatic hydroxyl groups is 1. The summed E-state index contributed by atoms with van der Waals surface area (Å²) in [6.07, 6.45) is -0.746. The van der Waals surface area contributed by atoms with Gasteiger partial charge in [0.2, 0.25) is 0 Å². The molecule has 0 aliphatic rings. The van der Waals surface area contributed by atoms with Crippen LogP contribution in [0.4, 0.5) is 0 Å². The third kappa shape index (κ3) is 3.39. The Kier molecular flexibility index (Phi) is 4.07. The van der Waals surface area contributed by atoms with E-state index in [2.05, 4.69) is 0 Å². The van der Waals surface area contributed by atoms with Crippen molar-refractivity contribution >= 4 is 11.6 Å². The quantitative estimate of drug-likeness (QED) is 0.892. The molecule has 0 heterocycles. The maximum Gasteiger partial charge on any atom is 0.120 e. The maximum absolute atomic E-state index is 9.90. The van der Waals surface area contributed by atoms with Crippen LogP contribution in [-0.4, -0.2) is 16.8 Å². The Labute approximate surface area is 110 Å². The van der Waals surface area contributed by atoms with Gasteiger partial charge in [0.05, 0.1) is 0 Å². The lowest BCUT2D eigenvalue weighted by molar-refractivity contribution is 0.108. The van der Waals surface area contributed by atoms with Gasteiger partial charge in [0.1, 0.15) is 24.2 Å². The van der Waals surface area contributed by atoms with Gasteiger partial charge < -0.3 is 14.9 Å². The first-order valence-electron chi connectivity index (χ1n) is 5.50. The van der Waals surface area contributed by atoms with Crippen molar-refractivity contribution in [1.29, 1.82) is 0 Å². The Balaban J connectivity index is 1.96. The molecular weight excluding hydrogens is 252 g/mol. The number of ether oxygens (including phenoxy) is 1. The van der Waals surface area contributed by atoms with E-state index < -0.39 is 6.10 Å². The second-order valence-electron chi connectivity index (χ2n) is 3.88. The summed E-state index contributed by atoms with van der Waals surface area (Å²) < 4.78 is 5.44. The molecule has 0 aliphatic heterocycles. The van der Waals surface area contributed by atoms with Gasteiger partial charge in [-0.3, -0.25) is 0 Å². The Morgan fingerprint density at radius 2 is 1.83 bits per heavy atom. The van der Waals surface area contributed by atoms with E-state index in [4.69, 9.17) is 21.4 Å². The van der Waals surface area contributed by atoms with E-state index in [9.17, 15) is 5.11 Å². The highest BCUT2D eigenvalue weighted by atomic mass is 35.5. The van der Waals surface area contributed by atoms with Crippen LogP contribution in [0.5, 0.6) is 11.5 Å². The number of hydrogen-bond acceptors (Lipinski definition) is 3. The first-order valence-corrected chi connectivity index (χ1v) is 5.88. The lowest BCUT2D eigenvalue weighted by atomic mass is 10.1. The van der Waals surface area contributed by atoms with Crippen molar-refractivity contribution in [2.24, 2.45) is 0 Å². The highest BCUT2D eigenvalue weighted by molar-refractivity contribution is 6.30. The standard InChI is InChI=1S/C14H13ClO3/c15-11-2-1-3-13(8-11)18-9-14(17)10-4-6-12(16)7-5-10/h1-8,14,16-17H,9H2. The zero-order valence-electron chi connectivity index (χ0n) is 9.58. The summed E-state index contributed by atoms with van der Waals surface area (Å²) in [6.45, 7) is 0.130. The third-order valence-electron chi connectivity index (χ3n) is 2.48. The molecule has 0 aliphatic carbocycles. The van der Waals surface area contributed by atoms with Gasteiger partial charge in [-0.2, -0.15) is 0 Å². The summed E-state index contributed by atoms with van der Waals surface area (Å²) in [7, 11) is 0. The molecule has 2 aromatic carbocycles. The highest BCUT2D eigenvalue weighted by Gasteiger charge is 2.08. The summed E-state index contributed by atoms with van der Waals surface area (Å²) >= 11 is 5.82. The molecule has 2 N–H and O–H groups in total. The van der Waals surface area contributed by atoms with Crippen LogP contribution in [0.1, 0.15) is 11.7 Å². The van der Waals surface area contributed by atoms with E-state index in [1.54, 1.807) is 36.4 Å². The zero-order valence-corrected chi connectivity index (χ0v) is 10.3. The molecule has 2 rings (SSSR count). The van der Waals surface area contributed by atoms with Crippen molar-refractivity contribution < 1.29 is 14.9 Å². The van der Waals surface area contributed by atoms with E-state index in [-0.39, 0.29) is 12.4 Å². The van der Waals surface area contributed by atoms with Crippen molar-refractivity contribution in [3.8, 4) is 11.5 Å². The summed E-state index contributed by atoms with van der Waals surface area (Å²) in [6, 6.07) is 13.4. The molecule has 4 heteroatoms. The third-order valence-corrected chi connectivity index (χ3v) is 2.72. The number of rotatable bonds is 4. The molecule has 94 valence electrons. The molecule has 1 unspecified atom stereocenters. The minimum Gasteiger partial charge on any atom is -0.508 e. The summed E-state index contributed by atoms with van der Waals surface area (Å²) in [4.78, 5) is 0. The summed E-state index contributed by atoms with van der Waals surface area (Å²) in [5.74, 6) is 0.780. The van der Waals surface area contributed by atoms with Crippen LogP contribution in [0.2, 0.25) is 5.02 Å². The Bertz CT molecular complexity index is 511. The van der Waals surface area contributed by atoms with E-state index in [1.807, 2.05) is 0 Å². The van der Waals surface area contributed by atoms with Gasteiger partial charge in [0, 0.05) is 5.02 Å². The van der Waals surface area contributed by atoms with Crippen LogP contribution in [0.15, 0.2) is 48.5 Å². The van der Waals surface area contributed by atoms with Crippen LogP contribution in [0, 0.1) is 0 Å². The predicted molar refractivity (Wildman–Crippen MR) is 70.0 cm³/mol. The molecule has 0 fully saturated rings. The molecule has 0 saturated heterocycles. The molecule has 2 aromatic rings. The number of phenols is 1. The molecular formula is C14H13ClO3. The molecule has 0 spiro atoms. The number of phenolic OH excluding ortho intramolecular Hbond substituents is 1. The monoisotopic (exact) mass is 264 g/mol. The Hall–Kier alpha value is -1.71. The van der Waals surface area contributed by atoms with Crippen LogP contribution < -0.4 is 4.74 Å². The molecule has 0 radical (unpaired) electrons. The topological polar surface area (TPSA) is 49.7 Å². The number of benzene rings is 2. The van der Waals surface area contributed by atoms with E-state index in [0.717, 1.165) is 0 Å². The van der Waals surface area contributed by atoms with Crippen molar-refractivity contribution in [3.63, 3.8) is 0 Å². The van der Waals surface area contributed by atoms with Crippen molar-refractivity contribution in [3.05, 3.63) is 59.1 Å². The lowest BCUT2D eigenvalue weighted by Crippen LogP contribution is -2.09. The fourth-order valence-corrected chi connectivity index (χ4v) is 1.70. The van der Waals surface area contributed by atoms with Gasteiger partial charge in [0.25, 0.3) is 0 Å². The van der Waals surface area contributed by atoms with Crippen LogP contribution >= 0.6 is 11.6 Å². The van der Waals surface area contributed by atoms with Crippen LogP contribution in [0.3, 0.4) is 0 Å². The first kappa shape index (κ1) is 12.7. The average Bonchev–Trinajstić information content (AvgIpc) is 2.37. The van der Waals surface area contributed by atoms with Crippen molar-refractivity contribution in [1.82, 2.24) is 0 Å². The molecule has 0 saturated carbocycles. The molecule has 18 heavy (non-hydrogen) atoms. The van der Waals surface area contributed by atoms with Gasteiger partial charge in [-0.25, -0.2) is 0 Å². The van der Waals surface area contributed by atoms with E-state index >= 15 is 0 Å². The maximum atomic E-state index is 9.90. The Morgan fingerprint density at radius 1 is 1.11 bits per heavy atom. The highest BCUT2D eigenvalue weighted by Crippen LogP contribution is 2.20. The van der Waals surface area contributed by atoms with E-state index in [1.165, 1.54) is 12.1 Å². The van der Waals surface area contributed by atoms with Gasteiger partial charge in [-0.1, -0.05) is 29.8 Å². The van der Waals surface area contributed by atoms with Gasteiger partial charge in [-0.05, 0) is 35.9 Å². The first-order chi connectivity index (χ1) is 8.65. The normalized spacial score (nSPS) is 12.1. The number of aliphatic hydroxyl groups is 1. The predicted octanol–water partition coefficient (Wildman–Crippen LogP) is 3.16. The SMILES string of the molecule is Oc1ccc(C(O)COc2cccc(Cl)c2)cc1. The van der Waals surface area contributed by atoms with E-state index in [0.29, 0.717) is 16.3 Å². The number of hydrogen-bond donors (Lipinski definition) is 2. The number of aliphatic hydroxyl groups excluding tert-OH is 1. The molecule has 0 aromatic heterocycles. The fourth-order valence-electron chi connectivity index (χ4n) is 1.52.